The number of rotatable bonds is 8. The molecule has 0 aliphatic heterocycles. The van der Waals surface area contributed by atoms with Gasteiger partial charge in [0.25, 0.3) is 0 Å². The summed E-state index contributed by atoms with van der Waals surface area (Å²) in [5.41, 5.74) is 16.5. The highest BCUT2D eigenvalue weighted by molar-refractivity contribution is 5.73. The van der Waals surface area contributed by atoms with Crippen LogP contribution >= 0.6 is 0 Å². The Morgan fingerprint density at radius 2 is 0.625 bits per heavy atom. The lowest BCUT2D eigenvalue weighted by molar-refractivity contribution is 0.569. The molecule has 0 unspecified atom stereocenters. The van der Waals surface area contributed by atoms with E-state index in [1.54, 1.807) is 55.6 Å². The third kappa shape index (κ3) is 6.12. The van der Waals surface area contributed by atoms with Gasteiger partial charge >= 0.3 is 0 Å². The summed E-state index contributed by atoms with van der Waals surface area (Å²) in [6.45, 7) is 27.3. The minimum absolute atomic E-state index is 0.371. The molecular formula is C40H58. The first-order valence-electron chi connectivity index (χ1n) is 16.6. The zero-order chi connectivity index (χ0) is 29.7. The molecule has 0 heteroatoms. The normalized spacial score (nSPS) is 16.3. The zero-order valence-electron chi connectivity index (χ0n) is 27.9. The van der Waals surface area contributed by atoms with Gasteiger partial charge in [-0.05, 0) is 105 Å². The Morgan fingerprint density at radius 3 is 0.850 bits per heavy atom. The second-order valence-corrected chi connectivity index (χ2v) is 13.3. The van der Waals surface area contributed by atoms with Crippen molar-refractivity contribution in [3.8, 4) is 0 Å². The minimum Gasteiger partial charge on any atom is -0.0683 e. The van der Waals surface area contributed by atoms with Crippen molar-refractivity contribution < 1.29 is 0 Å². The van der Waals surface area contributed by atoms with E-state index in [0.29, 0.717) is 35.5 Å². The summed E-state index contributed by atoms with van der Waals surface area (Å²) in [7, 11) is 0. The average molecular weight is 539 g/mol. The molecule has 3 aromatic rings. The van der Waals surface area contributed by atoms with Gasteiger partial charge in [-0.1, -0.05) is 132 Å². The fourth-order valence-electron chi connectivity index (χ4n) is 7.30. The molecule has 0 radical (unpaired) electrons. The van der Waals surface area contributed by atoms with Crippen LogP contribution in [0.1, 0.15) is 151 Å². The topological polar surface area (TPSA) is 0 Å². The predicted octanol–water partition coefficient (Wildman–Crippen LogP) is 11.5. The Labute approximate surface area is 248 Å². The van der Waals surface area contributed by atoms with E-state index in [1.807, 2.05) is 27.7 Å². The molecule has 0 fully saturated rings. The molecule has 0 aromatic heterocycles. The van der Waals surface area contributed by atoms with Crippen molar-refractivity contribution in [2.24, 2.45) is 23.7 Å². The van der Waals surface area contributed by atoms with Gasteiger partial charge in [0.2, 0.25) is 0 Å². The van der Waals surface area contributed by atoms with Crippen LogP contribution in [0.5, 0.6) is 0 Å². The van der Waals surface area contributed by atoms with Crippen molar-refractivity contribution in [2.75, 3.05) is 0 Å². The molecule has 0 nitrogen and oxygen atoms in total. The molecule has 3 aromatic carbocycles. The highest BCUT2D eigenvalue weighted by Gasteiger charge is 2.44. The van der Waals surface area contributed by atoms with Crippen LogP contribution in [0, 0.1) is 23.7 Å². The first-order valence-corrected chi connectivity index (χ1v) is 16.6. The van der Waals surface area contributed by atoms with Crippen molar-refractivity contribution in [1.82, 2.24) is 0 Å². The monoisotopic (exact) mass is 538 g/mol. The molecule has 0 saturated heterocycles. The van der Waals surface area contributed by atoms with Crippen LogP contribution in [0.4, 0.5) is 0 Å². The summed E-state index contributed by atoms with van der Waals surface area (Å²) >= 11 is 0. The molecule has 6 rings (SSSR count). The van der Waals surface area contributed by atoms with E-state index in [2.05, 4.69) is 104 Å². The van der Waals surface area contributed by atoms with E-state index >= 15 is 0 Å². The van der Waals surface area contributed by atoms with Gasteiger partial charge in [0.1, 0.15) is 0 Å². The maximum absolute atomic E-state index is 2.43. The summed E-state index contributed by atoms with van der Waals surface area (Å²) < 4.78 is 0. The molecule has 0 atom stereocenters. The summed E-state index contributed by atoms with van der Waals surface area (Å²) in [4.78, 5) is 0. The molecule has 3 aliphatic carbocycles. The average Bonchev–Trinajstić information content (AvgIpc) is 2.93. The highest BCUT2D eigenvalue weighted by Crippen LogP contribution is 2.59. The molecule has 0 spiro atoms. The Bertz CT molecular complexity index is 1110. The van der Waals surface area contributed by atoms with E-state index in [0.717, 1.165) is 0 Å². The summed E-state index contributed by atoms with van der Waals surface area (Å²) in [6, 6.07) is 18.8. The number of benzene rings is 3. The number of hydrogen-bond donors (Lipinski definition) is 0. The van der Waals surface area contributed by atoms with E-state index < -0.39 is 0 Å². The summed E-state index contributed by atoms with van der Waals surface area (Å²) in [5.74, 6) is 3.36. The summed E-state index contributed by atoms with van der Waals surface area (Å²) in [6.07, 6.45) is 4.77. The Morgan fingerprint density at radius 1 is 0.400 bits per heavy atom. The standard InChI is InChI=1S/C36H46.2C2H6/c1-21(2)17-29-30(18-22(3)4)32(20-24(7)8)36-34-27-15-11-9-13-25(27)33(26-14-10-12-16-28(26)34)35(36)31(29)19-23(5)6;2*1-2/h9-16,21-24,33-34H,17-20H2,1-8H3;2*1-2H3. The second-order valence-electron chi connectivity index (χ2n) is 13.3. The van der Waals surface area contributed by atoms with Crippen molar-refractivity contribution in [1.29, 1.82) is 0 Å². The smallest absolute Gasteiger partial charge is 0.0352 e. The van der Waals surface area contributed by atoms with Crippen LogP contribution in [-0.4, -0.2) is 0 Å². The Hall–Kier alpha value is -2.34. The van der Waals surface area contributed by atoms with Crippen LogP contribution in [0.3, 0.4) is 0 Å². The van der Waals surface area contributed by atoms with Crippen molar-refractivity contribution in [2.45, 2.75) is 121 Å². The predicted molar refractivity (Wildman–Crippen MR) is 178 cm³/mol. The van der Waals surface area contributed by atoms with Gasteiger partial charge in [-0.15, -0.1) is 0 Å². The van der Waals surface area contributed by atoms with Crippen LogP contribution in [0.2, 0.25) is 0 Å². The zero-order valence-corrected chi connectivity index (χ0v) is 27.9. The second kappa shape index (κ2) is 14.0. The van der Waals surface area contributed by atoms with Gasteiger partial charge in [0, 0.05) is 11.8 Å². The van der Waals surface area contributed by atoms with E-state index in [-0.39, 0.29) is 0 Å². The maximum Gasteiger partial charge on any atom is 0.0352 e. The Balaban J connectivity index is 0.00000106. The largest absolute Gasteiger partial charge is 0.0683 e. The fraction of sp³-hybridized carbons (Fsp3) is 0.550. The quantitative estimate of drug-likeness (QED) is 0.184. The number of hydrogen-bond acceptors (Lipinski definition) is 0. The molecule has 0 heterocycles. The van der Waals surface area contributed by atoms with E-state index in [1.165, 1.54) is 25.7 Å². The lowest BCUT2D eigenvalue weighted by Crippen LogP contribution is -2.32. The highest BCUT2D eigenvalue weighted by atomic mass is 14.5. The molecule has 0 amide bonds. The van der Waals surface area contributed by atoms with E-state index in [9.17, 15) is 0 Å². The molecule has 3 aliphatic rings. The molecule has 0 saturated carbocycles. The third-order valence-electron chi connectivity index (χ3n) is 8.30. The van der Waals surface area contributed by atoms with Crippen LogP contribution < -0.4 is 0 Å². The molecule has 40 heavy (non-hydrogen) atoms. The SMILES string of the molecule is CC.CC.CC(C)Cc1c(CC(C)C)c(CC(C)C)c2c(c1CC(C)C)C1c3ccccc3C2c2ccccc21. The fourth-order valence-corrected chi connectivity index (χ4v) is 7.30. The van der Waals surface area contributed by atoms with Crippen LogP contribution in [0.25, 0.3) is 0 Å². The van der Waals surface area contributed by atoms with E-state index in [4.69, 9.17) is 0 Å². The molecule has 218 valence electrons. The summed E-state index contributed by atoms with van der Waals surface area (Å²) in [5, 5.41) is 0. The third-order valence-corrected chi connectivity index (χ3v) is 8.30. The maximum atomic E-state index is 2.43. The van der Waals surface area contributed by atoms with Crippen LogP contribution in [0.15, 0.2) is 48.5 Å². The van der Waals surface area contributed by atoms with Crippen molar-refractivity contribution >= 4 is 0 Å². The lowest BCUT2D eigenvalue weighted by Gasteiger charge is -2.46. The van der Waals surface area contributed by atoms with Gasteiger partial charge in [0.15, 0.2) is 0 Å². The Kier molecular flexibility index (Phi) is 11.3. The molecular weight excluding hydrogens is 480 g/mol. The van der Waals surface area contributed by atoms with Gasteiger partial charge in [0.05, 0.1) is 0 Å². The minimum atomic E-state index is 0.371. The van der Waals surface area contributed by atoms with Crippen molar-refractivity contribution in [3.05, 3.63) is 104 Å². The van der Waals surface area contributed by atoms with Crippen molar-refractivity contribution in [3.63, 3.8) is 0 Å². The molecule has 2 bridgehead atoms. The van der Waals surface area contributed by atoms with Gasteiger partial charge in [-0.25, -0.2) is 0 Å². The van der Waals surface area contributed by atoms with Gasteiger partial charge < -0.3 is 0 Å². The first-order chi connectivity index (χ1) is 19.2. The van der Waals surface area contributed by atoms with Gasteiger partial charge in [-0.2, -0.15) is 0 Å². The lowest BCUT2D eigenvalue weighted by atomic mass is 9.57. The van der Waals surface area contributed by atoms with Gasteiger partial charge in [-0.3, -0.25) is 0 Å². The molecule has 0 N–H and O–H groups in total. The van der Waals surface area contributed by atoms with Crippen LogP contribution in [-0.2, 0) is 25.7 Å². The first kappa shape index (κ1) is 32.2.